The molecule has 0 saturated carbocycles. The summed E-state index contributed by atoms with van der Waals surface area (Å²) >= 11 is 0. The van der Waals surface area contributed by atoms with E-state index in [4.69, 9.17) is 9.47 Å². The number of carbonyl (C=O) groups excluding carboxylic acids is 1. The van der Waals surface area contributed by atoms with Gasteiger partial charge in [-0.05, 0) is 34.4 Å². The van der Waals surface area contributed by atoms with Crippen LogP contribution in [0, 0.1) is 0 Å². The molecule has 1 heterocycles. The average molecular weight is 415 g/mol. The molecule has 6 heteroatoms. The molecule has 2 aliphatic rings. The van der Waals surface area contributed by atoms with Gasteiger partial charge in [0.1, 0.15) is 19.0 Å². The third-order valence-electron chi connectivity index (χ3n) is 5.89. The summed E-state index contributed by atoms with van der Waals surface area (Å²) in [6.07, 6.45) is -0.402. The summed E-state index contributed by atoms with van der Waals surface area (Å²) in [5.41, 5.74) is 5.63. The van der Waals surface area contributed by atoms with Gasteiger partial charge in [-0.25, -0.2) is 9.59 Å². The molecule has 0 atom stereocenters. The van der Waals surface area contributed by atoms with Gasteiger partial charge in [-0.15, -0.1) is 0 Å². The summed E-state index contributed by atoms with van der Waals surface area (Å²) in [6, 6.07) is 21.1. The van der Waals surface area contributed by atoms with E-state index in [9.17, 15) is 14.7 Å². The summed E-state index contributed by atoms with van der Waals surface area (Å²) in [6.45, 7) is 1.22. The molecule has 3 aromatic rings. The molecular formula is C25H21NO5. The van der Waals surface area contributed by atoms with E-state index in [2.05, 4.69) is 24.3 Å². The number of ether oxygens (including phenoxy) is 2. The van der Waals surface area contributed by atoms with Crippen LogP contribution in [-0.2, 0) is 11.3 Å². The number of benzene rings is 3. The zero-order valence-corrected chi connectivity index (χ0v) is 16.8. The van der Waals surface area contributed by atoms with Crippen molar-refractivity contribution in [3.8, 4) is 16.9 Å². The molecule has 1 amide bonds. The van der Waals surface area contributed by atoms with Crippen molar-refractivity contribution in [2.75, 3.05) is 19.8 Å². The third kappa shape index (κ3) is 3.50. The number of hydrogen-bond acceptors (Lipinski definition) is 4. The van der Waals surface area contributed by atoms with Gasteiger partial charge in [0.2, 0.25) is 0 Å². The fraction of sp³-hybridized carbons (Fsp3) is 0.200. The lowest BCUT2D eigenvalue weighted by atomic mass is 9.98. The van der Waals surface area contributed by atoms with Crippen molar-refractivity contribution in [2.24, 2.45) is 0 Å². The van der Waals surface area contributed by atoms with Crippen LogP contribution in [0.4, 0.5) is 4.79 Å². The van der Waals surface area contributed by atoms with Crippen molar-refractivity contribution in [1.82, 2.24) is 4.90 Å². The highest BCUT2D eigenvalue weighted by Gasteiger charge is 2.30. The molecular weight excluding hydrogens is 394 g/mol. The third-order valence-corrected chi connectivity index (χ3v) is 5.89. The lowest BCUT2D eigenvalue weighted by Gasteiger charge is -2.21. The van der Waals surface area contributed by atoms with Crippen LogP contribution < -0.4 is 4.74 Å². The quantitative estimate of drug-likeness (QED) is 0.680. The van der Waals surface area contributed by atoms with Crippen LogP contribution in [0.3, 0.4) is 0 Å². The number of nitrogens with zero attached hydrogens (tertiary/aromatic N) is 1. The van der Waals surface area contributed by atoms with Crippen LogP contribution in [-0.4, -0.2) is 41.8 Å². The Hall–Kier alpha value is -3.80. The van der Waals surface area contributed by atoms with E-state index in [0.717, 1.165) is 5.56 Å². The Kier molecular flexibility index (Phi) is 4.82. The fourth-order valence-corrected chi connectivity index (χ4v) is 4.34. The predicted molar refractivity (Wildman–Crippen MR) is 114 cm³/mol. The molecule has 0 radical (unpaired) electrons. The molecule has 0 fully saturated rings. The summed E-state index contributed by atoms with van der Waals surface area (Å²) in [5.74, 6) is -0.511. The van der Waals surface area contributed by atoms with Crippen LogP contribution in [0.5, 0.6) is 5.75 Å². The zero-order valence-electron chi connectivity index (χ0n) is 16.8. The van der Waals surface area contributed by atoms with Gasteiger partial charge >= 0.3 is 12.1 Å². The molecule has 31 heavy (non-hydrogen) atoms. The Morgan fingerprint density at radius 2 is 1.68 bits per heavy atom. The predicted octanol–water partition coefficient (Wildman–Crippen LogP) is 4.53. The molecule has 0 saturated heterocycles. The Morgan fingerprint density at radius 3 is 2.35 bits per heavy atom. The second-order valence-electron chi connectivity index (χ2n) is 7.70. The average Bonchev–Trinajstić information content (AvgIpc) is 2.95. The van der Waals surface area contributed by atoms with Gasteiger partial charge in [-0.1, -0.05) is 54.6 Å². The minimum absolute atomic E-state index is 0.00462. The van der Waals surface area contributed by atoms with Crippen molar-refractivity contribution in [1.29, 1.82) is 0 Å². The van der Waals surface area contributed by atoms with Crippen LogP contribution in [0.1, 0.15) is 33.0 Å². The number of aromatic carboxylic acids is 1. The van der Waals surface area contributed by atoms with Gasteiger partial charge in [0.25, 0.3) is 0 Å². The van der Waals surface area contributed by atoms with Crippen molar-refractivity contribution >= 4 is 12.1 Å². The Bertz CT molecular complexity index is 1130. The van der Waals surface area contributed by atoms with Crippen LogP contribution >= 0.6 is 0 Å². The molecule has 6 nitrogen and oxygen atoms in total. The Balaban J connectivity index is 1.32. The minimum atomic E-state index is -1.01. The van der Waals surface area contributed by atoms with Gasteiger partial charge in [-0.2, -0.15) is 0 Å². The highest BCUT2D eigenvalue weighted by atomic mass is 16.6. The fourth-order valence-electron chi connectivity index (χ4n) is 4.34. The molecule has 5 rings (SSSR count). The van der Waals surface area contributed by atoms with E-state index >= 15 is 0 Å². The number of fused-ring (bicyclic) bond motifs is 4. The number of carboxylic acids is 1. The lowest BCUT2D eigenvalue weighted by Crippen LogP contribution is -2.33. The van der Waals surface area contributed by atoms with Crippen molar-refractivity contribution in [3.05, 3.63) is 89.0 Å². The standard InChI is InChI=1S/C25H21NO5/c27-24(28)16-9-10-17-14-26(11-12-30-23(17)13-16)25(29)31-15-22-20-7-3-1-5-18(20)19-6-2-4-8-21(19)22/h1-10,13,22H,11-12,14-15H2,(H,27,28). The topological polar surface area (TPSA) is 76.1 Å². The molecule has 0 unspecified atom stereocenters. The van der Waals surface area contributed by atoms with Crippen molar-refractivity contribution in [3.63, 3.8) is 0 Å². The van der Waals surface area contributed by atoms with Gasteiger partial charge in [0.05, 0.1) is 18.7 Å². The molecule has 156 valence electrons. The lowest BCUT2D eigenvalue weighted by molar-refractivity contribution is 0.0696. The highest BCUT2D eigenvalue weighted by molar-refractivity contribution is 5.88. The van der Waals surface area contributed by atoms with Crippen molar-refractivity contribution in [2.45, 2.75) is 12.5 Å². The SMILES string of the molecule is O=C(O)c1ccc2c(c1)OCCN(C(=O)OCC1c3ccccc3-c3ccccc31)C2. The Labute approximate surface area is 179 Å². The maximum absolute atomic E-state index is 12.9. The van der Waals surface area contributed by atoms with E-state index in [0.29, 0.717) is 18.8 Å². The van der Waals surface area contributed by atoms with E-state index in [1.807, 2.05) is 24.3 Å². The molecule has 1 aliphatic heterocycles. The first-order chi connectivity index (χ1) is 15.1. The molecule has 0 aromatic heterocycles. The highest BCUT2D eigenvalue weighted by Crippen LogP contribution is 2.44. The van der Waals surface area contributed by atoms with E-state index in [1.54, 1.807) is 11.0 Å². The molecule has 3 aromatic carbocycles. The number of carbonyl (C=O) groups is 2. The normalized spacial score (nSPS) is 14.6. The Morgan fingerprint density at radius 1 is 1.00 bits per heavy atom. The minimum Gasteiger partial charge on any atom is -0.491 e. The van der Waals surface area contributed by atoms with E-state index in [-0.39, 0.29) is 24.7 Å². The summed E-state index contributed by atoms with van der Waals surface area (Å²) in [7, 11) is 0. The van der Waals surface area contributed by atoms with Gasteiger partial charge in [0, 0.05) is 11.5 Å². The van der Waals surface area contributed by atoms with Gasteiger partial charge in [-0.3, -0.25) is 0 Å². The van der Waals surface area contributed by atoms with Gasteiger partial charge < -0.3 is 19.5 Å². The van der Waals surface area contributed by atoms with Crippen LogP contribution in [0.2, 0.25) is 0 Å². The molecule has 1 N–H and O–H groups in total. The van der Waals surface area contributed by atoms with E-state index in [1.165, 1.54) is 34.4 Å². The van der Waals surface area contributed by atoms with Crippen molar-refractivity contribution < 1.29 is 24.2 Å². The second-order valence-corrected chi connectivity index (χ2v) is 7.70. The zero-order chi connectivity index (χ0) is 21.4. The summed E-state index contributed by atoms with van der Waals surface area (Å²) < 4.78 is 11.4. The largest absolute Gasteiger partial charge is 0.491 e. The maximum Gasteiger partial charge on any atom is 0.410 e. The van der Waals surface area contributed by atoms with Crippen LogP contribution in [0.15, 0.2) is 66.7 Å². The molecule has 1 aliphatic carbocycles. The summed E-state index contributed by atoms with van der Waals surface area (Å²) in [4.78, 5) is 25.7. The number of amides is 1. The number of rotatable bonds is 3. The van der Waals surface area contributed by atoms with Crippen LogP contribution in [0.25, 0.3) is 11.1 Å². The maximum atomic E-state index is 12.9. The summed E-state index contributed by atoms with van der Waals surface area (Å²) in [5, 5.41) is 9.17. The first-order valence-electron chi connectivity index (χ1n) is 10.2. The van der Waals surface area contributed by atoms with Gasteiger partial charge in [0.15, 0.2) is 0 Å². The number of hydrogen-bond donors (Lipinski definition) is 1. The molecule has 0 bridgehead atoms. The van der Waals surface area contributed by atoms with E-state index < -0.39 is 12.1 Å². The smallest absolute Gasteiger partial charge is 0.410 e. The first kappa shape index (κ1) is 19.2. The first-order valence-corrected chi connectivity index (χ1v) is 10.2. The second kappa shape index (κ2) is 7.80. The molecule has 0 spiro atoms. The number of carboxylic acid groups (broad SMARTS) is 1. The monoisotopic (exact) mass is 415 g/mol.